The van der Waals surface area contributed by atoms with Gasteiger partial charge in [0.05, 0.1) is 17.2 Å². The van der Waals surface area contributed by atoms with E-state index in [-0.39, 0.29) is 28.6 Å². The Morgan fingerprint density at radius 2 is 1.69 bits per heavy atom. The van der Waals surface area contributed by atoms with Gasteiger partial charge >= 0.3 is 5.69 Å². The van der Waals surface area contributed by atoms with Crippen LogP contribution < -0.4 is 16.6 Å². The summed E-state index contributed by atoms with van der Waals surface area (Å²) in [6, 6.07) is 5.64. The average molecular weight is 353 g/mol. The first kappa shape index (κ1) is 16.1. The molecule has 2 aromatic rings. The Kier molecular flexibility index (Phi) is 3.43. The summed E-state index contributed by atoms with van der Waals surface area (Å²) in [4.78, 5) is 53.3. The molecule has 0 amide bonds. The van der Waals surface area contributed by atoms with Crippen molar-refractivity contribution in [3.8, 4) is 0 Å². The highest BCUT2D eigenvalue weighted by atomic mass is 16.3. The molecule has 2 unspecified atom stereocenters. The van der Waals surface area contributed by atoms with Crippen LogP contribution in [0.2, 0.25) is 0 Å². The third-order valence-corrected chi connectivity index (χ3v) is 4.86. The second kappa shape index (κ2) is 5.55. The molecule has 8 nitrogen and oxygen atoms in total. The van der Waals surface area contributed by atoms with Gasteiger partial charge < -0.3 is 10.4 Å². The maximum atomic E-state index is 12.6. The fraction of sp³-hybridized carbons (Fsp3) is 0.222. The fourth-order valence-electron chi connectivity index (χ4n) is 3.68. The van der Waals surface area contributed by atoms with Crippen molar-refractivity contribution >= 4 is 23.1 Å². The number of carbonyl (C=O) groups is 2. The van der Waals surface area contributed by atoms with E-state index in [0.29, 0.717) is 17.5 Å². The first-order valence-corrected chi connectivity index (χ1v) is 8.13. The summed E-state index contributed by atoms with van der Waals surface area (Å²) < 4.78 is 0. The van der Waals surface area contributed by atoms with Crippen molar-refractivity contribution in [2.24, 2.45) is 0 Å². The number of carbonyl (C=O) groups excluding carboxylic acids is 2. The van der Waals surface area contributed by atoms with Crippen LogP contribution in [-0.4, -0.2) is 32.7 Å². The number of aliphatic hydroxyl groups is 1. The number of rotatable bonds is 1. The molecule has 1 aromatic heterocycles. The van der Waals surface area contributed by atoms with Gasteiger partial charge in [-0.05, 0) is 12.3 Å². The van der Waals surface area contributed by atoms with Gasteiger partial charge in [-0.15, -0.1) is 0 Å². The lowest BCUT2D eigenvalue weighted by molar-refractivity contribution is -0.112. The number of benzene rings is 1. The van der Waals surface area contributed by atoms with E-state index >= 15 is 0 Å². The maximum absolute atomic E-state index is 12.6. The molecule has 1 aliphatic heterocycles. The van der Waals surface area contributed by atoms with Crippen LogP contribution in [0.1, 0.15) is 40.7 Å². The summed E-state index contributed by atoms with van der Waals surface area (Å²) in [5.41, 5.74) is -0.400. The van der Waals surface area contributed by atoms with E-state index < -0.39 is 28.9 Å². The zero-order chi connectivity index (χ0) is 18.6. The molecule has 0 saturated carbocycles. The van der Waals surface area contributed by atoms with Gasteiger partial charge in [0.15, 0.2) is 0 Å². The Morgan fingerprint density at radius 3 is 2.42 bits per heavy atom. The summed E-state index contributed by atoms with van der Waals surface area (Å²) in [7, 11) is 0. The van der Waals surface area contributed by atoms with E-state index in [9.17, 15) is 24.3 Å². The average Bonchev–Trinajstić information content (AvgIpc) is 2.59. The SMILES string of the molecule is CC1CC(C2=C(O)c3ccccc3C(=O)C2=O)Nc2[nH]c(=O)[nH]c(=O)c21. The molecule has 4 rings (SSSR count). The van der Waals surface area contributed by atoms with Gasteiger partial charge in [-0.3, -0.25) is 24.4 Å². The molecule has 26 heavy (non-hydrogen) atoms. The van der Waals surface area contributed by atoms with E-state index in [1.807, 2.05) is 0 Å². The molecule has 2 heterocycles. The second-order valence-electron chi connectivity index (χ2n) is 6.50. The number of Topliss-reactive ketones (excluding diaryl/α,β-unsaturated/α-hetero) is 2. The standard InChI is InChI=1S/C18H15N3O5/c1-7-6-10(19-16-11(7)17(25)21-18(26)20-16)12-13(22)8-4-2-3-5-9(8)14(23)15(12)24/h2-5,7,10,22H,6H2,1H3,(H3,19,20,21,25,26). The Morgan fingerprint density at radius 1 is 1.00 bits per heavy atom. The van der Waals surface area contributed by atoms with Crippen LogP contribution in [0.4, 0.5) is 5.82 Å². The van der Waals surface area contributed by atoms with Gasteiger partial charge in [-0.1, -0.05) is 31.2 Å². The highest BCUT2D eigenvalue weighted by Gasteiger charge is 2.39. The normalized spacial score (nSPS) is 21.9. The van der Waals surface area contributed by atoms with Gasteiger partial charge in [0.25, 0.3) is 5.56 Å². The van der Waals surface area contributed by atoms with Crippen molar-refractivity contribution in [3.63, 3.8) is 0 Å². The lowest BCUT2D eigenvalue weighted by Gasteiger charge is -2.32. The quantitative estimate of drug-likeness (QED) is 0.567. The van der Waals surface area contributed by atoms with Gasteiger partial charge in [0, 0.05) is 11.1 Å². The van der Waals surface area contributed by atoms with E-state index in [1.165, 1.54) is 6.07 Å². The van der Waals surface area contributed by atoms with Crippen molar-refractivity contribution in [2.75, 3.05) is 5.32 Å². The summed E-state index contributed by atoms with van der Waals surface area (Å²) in [6.07, 6.45) is 0.308. The minimum absolute atomic E-state index is 0.0488. The number of aromatic amines is 2. The zero-order valence-electron chi connectivity index (χ0n) is 13.8. The summed E-state index contributed by atoms with van der Waals surface area (Å²) in [5, 5.41) is 13.6. The monoisotopic (exact) mass is 353 g/mol. The van der Waals surface area contributed by atoms with E-state index in [0.717, 1.165) is 0 Å². The van der Waals surface area contributed by atoms with Crippen molar-refractivity contribution in [1.29, 1.82) is 0 Å². The van der Waals surface area contributed by atoms with Crippen LogP contribution in [0.3, 0.4) is 0 Å². The van der Waals surface area contributed by atoms with Gasteiger partial charge in [0.2, 0.25) is 11.6 Å². The smallest absolute Gasteiger partial charge is 0.327 e. The van der Waals surface area contributed by atoms with E-state index in [4.69, 9.17) is 0 Å². The molecular formula is C18H15N3O5. The molecule has 0 saturated heterocycles. The third kappa shape index (κ3) is 2.22. The topological polar surface area (TPSA) is 132 Å². The number of anilines is 1. The molecule has 1 aliphatic carbocycles. The predicted molar refractivity (Wildman–Crippen MR) is 93.5 cm³/mol. The number of H-pyrrole nitrogens is 2. The number of hydrogen-bond donors (Lipinski definition) is 4. The van der Waals surface area contributed by atoms with Crippen molar-refractivity contribution < 1.29 is 14.7 Å². The number of nitrogens with one attached hydrogen (secondary N) is 3. The summed E-state index contributed by atoms with van der Waals surface area (Å²) in [5.74, 6) is -1.83. The van der Waals surface area contributed by atoms with Crippen LogP contribution in [0.5, 0.6) is 0 Å². The minimum Gasteiger partial charge on any atom is -0.507 e. The van der Waals surface area contributed by atoms with Crippen molar-refractivity contribution in [3.05, 3.63) is 67.4 Å². The van der Waals surface area contributed by atoms with E-state index in [2.05, 4.69) is 15.3 Å². The molecule has 8 heteroatoms. The van der Waals surface area contributed by atoms with Gasteiger partial charge in [-0.2, -0.15) is 0 Å². The molecule has 0 spiro atoms. The lowest BCUT2D eigenvalue weighted by atomic mass is 9.80. The van der Waals surface area contributed by atoms with Crippen LogP contribution in [0, 0.1) is 0 Å². The molecule has 1 aromatic carbocycles. The van der Waals surface area contributed by atoms with E-state index in [1.54, 1.807) is 25.1 Å². The Bertz CT molecular complexity index is 1110. The fourth-order valence-corrected chi connectivity index (χ4v) is 3.68. The summed E-state index contributed by atoms with van der Waals surface area (Å²) in [6.45, 7) is 1.78. The first-order valence-electron chi connectivity index (χ1n) is 8.13. The minimum atomic E-state index is -0.790. The number of hydrogen-bond acceptors (Lipinski definition) is 6. The highest BCUT2D eigenvalue weighted by Crippen LogP contribution is 2.37. The van der Waals surface area contributed by atoms with Crippen LogP contribution >= 0.6 is 0 Å². The summed E-state index contributed by atoms with van der Waals surface area (Å²) >= 11 is 0. The Labute approximate surface area is 146 Å². The number of fused-ring (bicyclic) bond motifs is 2. The Balaban J connectivity index is 1.86. The highest BCUT2D eigenvalue weighted by molar-refractivity contribution is 6.52. The number of aliphatic hydroxyl groups excluding tert-OH is 1. The second-order valence-corrected chi connectivity index (χ2v) is 6.50. The maximum Gasteiger partial charge on any atom is 0.327 e. The zero-order valence-corrected chi connectivity index (χ0v) is 13.8. The molecule has 4 N–H and O–H groups in total. The van der Waals surface area contributed by atoms with Gasteiger partial charge in [0.1, 0.15) is 11.6 Å². The molecule has 0 bridgehead atoms. The molecule has 0 fully saturated rings. The molecule has 2 atom stereocenters. The third-order valence-electron chi connectivity index (χ3n) is 4.86. The van der Waals surface area contributed by atoms with Crippen LogP contribution in [-0.2, 0) is 4.79 Å². The number of ketones is 2. The molecular weight excluding hydrogens is 338 g/mol. The Hall–Kier alpha value is -3.42. The first-order chi connectivity index (χ1) is 12.4. The largest absolute Gasteiger partial charge is 0.507 e. The number of aromatic nitrogens is 2. The van der Waals surface area contributed by atoms with Crippen LogP contribution in [0.15, 0.2) is 39.4 Å². The lowest BCUT2D eigenvalue weighted by Crippen LogP contribution is -2.41. The molecule has 0 radical (unpaired) electrons. The molecule has 2 aliphatic rings. The van der Waals surface area contributed by atoms with Crippen LogP contribution in [0.25, 0.3) is 5.76 Å². The predicted octanol–water partition coefficient (Wildman–Crippen LogP) is 1.09. The molecule has 132 valence electrons. The van der Waals surface area contributed by atoms with Crippen molar-refractivity contribution in [2.45, 2.75) is 25.3 Å². The van der Waals surface area contributed by atoms with Gasteiger partial charge in [-0.25, -0.2) is 4.79 Å². The van der Waals surface area contributed by atoms with Crippen molar-refractivity contribution in [1.82, 2.24) is 9.97 Å².